The standard InChI is InChI=1S/C8H15N5O/c1-2-5(14)4-11-7-3-6(9)12-8(10)13-7/h3,5,14H,2,4H2,1H3,(H5,9,10,11,12,13). The monoisotopic (exact) mass is 197 g/mol. The first kappa shape index (κ1) is 10.5. The van der Waals surface area contributed by atoms with E-state index in [0.717, 1.165) is 0 Å². The van der Waals surface area contributed by atoms with Crippen LogP contribution in [0.25, 0.3) is 0 Å². The van der Waals surface area contributed by atoms with Crippen LogP contribution in [0.4, 0.5) is 17.6 Å². The molecule has 1 atom stereocenters. The molecular formula is C8H15N5O. The molecule has 1 heterocycles. The summed E-state index contributed by atoms with van der Waals surface area (Å²) in [4.78, 5) is 7.63. The number of nitrogens with two attached hydrogens (primary N) is 2. The fourth-order valence-corrected chi connectivity index (χ4v) is 0.943. The Balaban J connectivity index is 2.58. The van der Waals surface area contributed by atoms with Crippen LogP contribution in [-0.2, 0) is 0 Å². The van der Waals surface area contributed by atoms with Gasteiger partial charge in [0.2, 0.25) is 5.95 Å². The number of nitrogens with zero attached hydrogens (tertiary/aromatic N) is 2. The van der Waals surface area contributed by atoms with Crippen LogP contribution in [0, 0.1) is 0 Å². The molecule has 0 aromatic carbocycles. The molecule has 6 N–H and O–H groups in total. The molecule has 0 saturated heterocycles. The first-order valence-electron chi connectivity index (χ1n) is 4.43. The zero-order valence-electron chi connectivity index (χ0n) is 8.07. The van der Waals surface area contributed by atoms with Crippen molar-refractivity contribution in [3.8, 4) is 0 Å². The average Bonchev–Trinajstić information content (AvgIpc) is 2.12. The zero-order valence-corrected chi connectivity index (χ0v) is 8.07. The van der Waals surface area contributed by atoms with Crippen molar-refractivity contribution in [2.75, 3.05) is 23.3 Å². The van der Waals surface area contributed by atoms with Crippen molar-refractivity contribution in [1.29, 1.82) is 0 Å². The third-order valence-electron chi connectivity index (χ3n) is 1.75. The molecule has 0 fully saturated rings. The van der Waals surface area contributed by atoms with E-state index in [1.54, 1.807) is 6.07 Å². The van der Waals surface area contributed by atoms with E-state index in [1.807, 2.05) is 6.92 Å². The van der Waals surface area contributed by atoms with E-state index < -0.39 is 6.10 Å². The zero-order chi connectivity index (χ0) is 10.6. The highest BCUT2D eigenvalue weighted by atomic mass is 16.3. The average molecular weight is 197 g/mol. The van der Waals surface area contributed by atoms with Crippen LogP contribution in [-0.4, -0.2) is 27.7 Å². The van der Waals surface area contributed by atoms with E-state index in [0.29, 0.717) is 24.6 Å². The molecule has 6 nitrogen and oxygen atoms in total. The summed E-state index contributed by atoms with van der Waals surface area (Å²) in [5.74, 6) is 0.965. The number of aromatic nitrogens is 2. The highest BCUT2D eigenvalue weighted by molar-refractivity contribution is 5.48. The fourth-order valence-electron chi connectivity index (χ4n) is 0.943. The van der Waals surface area contributed by atoms with Gasteiger partial charge in [0.1, 0.15) is 11.6 Å². The number of nitrogens with one attached hydrogen (secondary N) is 1. The summed E-state index contributed by atoms with van der Waals surface area (Å²) in [5.41, 5.74) is 10.9. The topological polar surface area (TPSA) is 110 Å². The maximum atomic E-state index is 9.29. The molecule has 14 heavy (non-hydrogen) atoms. The van der Waals surface area contributed by atoms with Crippen molar-refractivity contribution < 1.29 is 5.11 Å². The Labute approximate surface area is 82.4 Å². The smallest absolute Gasteiger partial charge is 0.223 e. The van der Waals surface area contributed by atoms with Crippen LogP contribution in [0.15, 0.2) is 6.07 Å². The maximum absolute atomic E-state index is 9.29. The first-order chi connectivity index (χ1) is 6.61. The van der Waals surface area contributed by atoms with Crippen molar-refractivity contribution in [2.45, 2.75) is 19.4 Å². The third-order valence-corrected chi connectivity index (χ3v) is 1.75. The van der Waals surface area contributed by atoms with Crippen molar-refractivity contribution in [1.82, 2.24) is 9.97 Å². The number of aliphatic hydroxyl groups is 1. The third kappa shape index (κ3) is 3.06. The van der Waals surface area contributed by atoms with Crippen molar-refractivity contribution in [3.63, 3.8) is 0 Å². The first-order valence-corrected chi connectivity index (χ1v) is 4.43. The molecule has 1 rings (SSSR count). The molecule has 0 amide bonds. The van der Waals surface area contributed by atoms with E-state index in [-0.39, 0.29) is 5.95 Å². The summed E-state index contributed by atoms with van der Waals surface area (Å²) in [6.07, 6.45) is 0.288. The molecule has 0 aliphatic rings. The lowest BCUT2D eigenvalue weighted by molar-refractivity contribution is 0.183. The van der Waals surface area contributed by atoms with Crippen LogP contribution in [0.3, 0.4) is 0 Å². The Bertz CT molecular complexity index is 284. The van der Waals surface area contributed by atoms with Gasteiger partial charge in [0.15, 0.2) is 0 Å². The molecular weight excluding hydrogens is 182 g/mol. The van der Waals surface area contributed by atoms with Gasteiger partial charge in [-0.2, -0.15) is 9.97 Å². The van der Waals surface area contributed by atoms with Crippen LogP contribution in [0.5, 0.6) is 0 Å². The summed E-state index contributed by atoms with van der Waals surface area (Å²) in [6.45, 7) is 2.32. The Morgan fingerprint density at radius 3 is 2.79 bits per heavy atom. The molecule has 0 spiro atoms. The Kier molecular flexibility index (Phi) is 3.47. The number of rotatable bonds is 4. The number of nitrogen functional groups attached to an aromatic ring is 2. The van der Waals surface area contributed by atoms with E-state index in [4.69, 9.17) is 11.5 Å². The van der Waals surface area contributed by atoms with E-state index >= 15 is 0 Å². The predicted molar refractivity (Wildman–Crippen MR) is 55.6 cm³/mol. The Hall–Kier alpha value is -1.56. The van der Waals surface area contributed by atoms with Gasteiger partial charge < -0.3 is 21.9 Å². The van der Waals surface area contributed by atoms with Gasteiger partial charge in [-0.15, -0.1) is 0 Å². The number of aliphatic hydroxyl groups excluding tert-OH is 1. The second-order valence-corrected chi connectivity index (χ2v) is 2.98. The lowest BCUT2D eigenvalue weighted by Crippen LogP contribution is -2.19. The molecule has 0 saturated carbocycles. The summed E-state index contributed by atoms with van der Waals surface area (Å²) >= 11 is 0. The largest absolute Gasteiger partial charge is 0.391 e. The molecule has 0 radical (unpaired) electrons. The van der Waals surface area contributed by atoms with Crippen LogP contribution < -0.4 is 16.8 Å². The minimum absolute atomic E-state index is 0.124. The van der Waals surface area contributed by atoms with Gasteiger partial charge in [-0.25, -0.2) is 0 Å². The lowest BCUT2D eigenvalue weighted by atomic mass is 10.3. The fraction of sp³-hybridized carbons (Fsp3) is 0.500. The van der Waals surface area contributed by atoms with Crippen molar-refractivity contribution >= 4 is 17.6 Å². The molecule has 1 unspecified atom stereocenters. The van der Waals surface area contributed by atoms with Crippen molar-refractivity contribution in [3.05, 3.63) is 6.07 Å². The second-order valence-electron chi connectivity index (χ2n) is 2.98. The van der Waals surface area contributed by atoms with Crippen LogP contribution in [0.1, 0.15) is 13.3 Å². The van der Waals surface area contributed by atoms with E-state index in [1.165, 1.54) is 0 Å². The molecule has 78 valence electrons. The molecule has 0 aliphatic heterocycles. The van der Waals surface area contributed by atoms with Crippen LogP contribution >= 0.6 is 0 Å². The van der Waals surface area contributed by atoms with Gasteiger partial charge in [-0.05, 0) is 6.42 Å². The molecule has 6 heteroatoms. The van der Waals surface area contributed by atoms with Gasteiger partial charge in [0.25, 0.3) is 0 Å². The summed E-state index contributed by atoms with van der Waals surface area (Å²) in [5, 5.41) is 12.2. The highest BCUT2D eigenvalue weighted by Crippen LogP contribution is 2.09. The number of anilines is 3. The Morgan fingerprint density at radius 2 is 2.21 bits per heavy atom. The quantitative estimate of drug-likeness (QED) is 0.533. The molecule has 1 aromatic heterocycles. The van der Waals surface area contributed by atoms with Crippen molar-refractivity contribution in [2.24, 2.45) is 0 Å². The lowest BCUT2D eigenvalue weighted by Gasteiger charge is -2.10. The molecule has 0 bridgehead atoms. The van der Waals surface area contributed by atoms with Gasteiger partial charge in [-0.1, -0.05) is 6.92 Å². The molecule has 0 aliphatic carbocycles. The summed E-state index contributed by atoms with van der Waals surface area (Å²) in [7, 11) is 0. The maximum Gasteiger partial charge on any atom is 0.223 e. The van der Waals surface area contributed by atoms with Gasteiger partial charge >= 0.3 is 0 Å². The van der Waals surface area contributed by atoms with Gasteiger partial charge in [0.05, 0.1) is 6.10 Å². The van der Waals surface area contributed by atoms with Crippen LogP contribution in [0.2, 0.25) is 0 Å². The number of hydrogen-bond acceptors (Lipinski definition) is 6. The minimum Gasteiger partial charge on any atom is -0.391 e. The normalized spacial score (nSPS) is 12.4. The minimum atomic E-state index is -0.396. The van der Waals surface area contributed by atoms with E-state index in [2.05, 4.69) is 15.3 Å². The van der Waals surface area contributed by atoms with Gasteiger partial charge in [-0.3, -0.25) is 0 Å². The summed E-state index contributed by atoms with van der Waals surface area (Å²) in [6, 6.07) is 1.57. The second kappa shape index (κ2) is 4.61. The summed E-state index contributed by atoms with van der Waals surface area (Å²) < 4.78 is 0. The molecule has 1 aromatic rings. The SMILES string of the molecule is CCC(O)CNc1cc(N)nc(N)n1. The number of hydrogen-bond donors (Lipinski definition) is 4. The van der Waals surface area contributed by atoms with E-state index in [9.17, 15) is 5.11 Å². The predicted octanol–water partition coefficient (Wildman–Crippen LogP) is -0.176. The Morgan fingerprint density at radius 1 is 1.50 bits per heavy atom. The highest BCUT2D eigenvalue weighted by Gasteiger charge is 2.02. The van der Waals surface area contributed by atoms with Gasteiger partial charge in [0, 0.05) is 12.6 Å².